The quantitative estimate of drug-likeness (QED) is 0.226. The average Bonchev–Trinajstić information content (AvgIpc) is 2.62. The van der Waals surface area contributed by atoms with Crippen molar-refractivity contribution in [3.63, 3.8) is 0 Å². The lowest BCUT2D eigenvalue weighted by molar-refractivity contribution is -0.387. The lowest BCUT2D eigenvalue weighted by Gasteiger charge is -2.16. The van der Waals surface area contributed by atoms with Gasteiger partial charge in [0.15, 0.2) is 0 Å². The summed E-state index contributed by atoms with van der Waals surface area (Å²) in [4.78, 5) is 14.4. The third kappa shape index (κ3) is 8.01. The molecule has 2 aromatic rings. The van der Waals surface area contributed by atoms with E-state index in [0.717, 1.165) is 16.7 Å². The summed E-state index contributed by atoms with van der Waals surface area (Å²) in [6.45, 7) is 1.01. The van der Waals surface area contributed by atoms with Crippen LogP contribution in [0.25, 0.3) is 0 Å². The Morgan fingerprint density at radius 1 is 1.10 bits per heavy atom. The molecule has 0 aliphatic carbocycles. The van der Waals surface area contributed by atoms with Crippen molar-refractivity contribution >= 4 is 27.6 Å². The lowest BCUT2D eigenvalue weighted by Crippen LogP contribution is -2.12. The van der Waals surface area contributed by atoms with Crippen LogP contribution >= 0.6 is 11.8 Å². The zero-order chi connectivity index (χ0) is 21.4. The molecule has 158 valence electrons. The molecule has 0 bridgehead atoms. The molecule has 29 heavy (non-hydrogen) atoms. The number of rotatable bonds is 11. The van der Waals surface area contributed by atoms with Crippen LogP contribution < -0.4 is 4.74 Å². The van der Waals surface area contributed by atoms with Gasteiger partial charge in [0, 0.05) is 23.9 Å². The van der Waals surface area contributed by atoms with Gasteiger partial charge in [0.2, 0.25) is 0 Å². The summed E-state index contributed by atoms with van der Waals surface area (Å²) < 4.78 is 32.3. The first-order valence-electron chi connectivity index (χ1n) is 8.82. The first kappa shape index (κ1) is 23.1. The molecule has 0 saturated heterocycles. The van der Waals surface area contributed by atoms with Crippen molar-refractivity contribution in [2.24, 2.45) is 0 Å². The Kier molecular flexibility index (Phi) is 8.45. The van der Waals surface area contributed by atoms with E-state index in [0.29, 0.717) is 30.2 Å². The van der Waals surface area contributed by atoms with E-state index in [4.69, 9.17) is 4.74 Å². The summed E-state index contributed by atoms with van der Waals surface area (Å²) in [7, 11) is 0.434. The fourth-order valence-corrected chi connectivity index (χ4v) is 3.92. The number of nitrogens with zero attached hydrogens (tertiary/aromatic N) is 2. The first-order chi connectivity index (χ1) is 13.7. The predicted molar refractivity (Wildman–Crippen MR) is 112 cm³/mol. The van der Waals surface area contributed by atoms with E-state index >= 15 is 0 Å². The Labute approximate surface area is 175 Å². The van der Waals surface area contributed by atoms with E-state index in [1.807, 2.05) is 31.1 Å². The molecule has 0 aliphatic rings. The van der Waals surface area contributed by atoms with Crippen LogP contribution in [0.4, 0.5) is 5.69 Å². The lowest BCUT2D eigenvalue weighted by atomic mass is 10.2. The molecule has 0 spiro atoms. The van der Waals surface area contributed by atoms with Crippen LogP contribution in [0.1, 0.15) is 12.0 Å². The summed E-state index contributed by atoms with van der Waals surface area (Å²) in [6, 6.07) is 12.2. The van der Waals surface area contributed by atoms with Gasteiger partial charge in [-0.25, -0.2) is 0 Å². The monoisotopic (exact) mass is 440 g/mol. The zero-order valence-corrected chi connectivity index (χ0v) is 18.2. The highest BCUT2D eigenvalue weighted by Crippen LogP contribution is 2.37. The van der Waals surface area contributed by atoms with Crippen molar-refractivity contribution in [2.75, 3.05) is 33.6 Å². The highest BCUT2D eigenvalue weighted by atomic mass is 32.2. The largest absolute Gasteiger partial charge is 0.493 e. The maximum absolute atomic E-state index is 11.3. The third-order valence-corrected chi connectivity index (χ3v) is 5.43. The Hall–Kier alpha value is -2.14. The van der Waals surface area contributed by atoms with Crippen LogP contribution in [-0.4, -0.2) is 51.8 Å². The Morgan fingerprint density at radius 2 is 1.83 bits per heavy atom. The molecule has 0 fully saturated rings. The molecule has 2 rings (SSSR count). The predicted octanol–water partition coefficient (Wildman–Crippen LogP) is 3.55. The van der Waals surface area contributed by atoms with E-state index < -0.39 is 10.1 Å². The SMILES string of the molecule is CN(C)Cc1cc(OCCCOS(C)(=O)=O)ccc1Sc1ccccc1[N+](=O)[O-]. The molecule has 2 aromatic carbocycles. The number of nitro benzene ring substituents is 1. The van der Waals surface area contributed by atoms with E-state index in [9.17, 15) is 18.5 Å². The summed E-state index contributed by atoms with van der Waals surface area (Å²) >= 11 is 1.34. The van der Waals surface area contributed by atoms with Gasteiger partial charge in [-0.1, -0.05) is 23.9 Å². The molecular weight excluding hydrogens is 416 g/mol. The second kappa shape index (κ2) is 10.6. The third-order valence-electron chi connectivity index (χ3n) is 3.66. The maximum atomic E-state index is 11.3. The van der Waals surface area contributed by atoms with Gasteiger partial charge in [-0.05, 0) is 43.9 Å². The minimum absolute atomic E-state index is 0.0645. The maximum Gasteiger partial charge on any atom is 0.283 e. The van der Waals surface area contributed by atoms with Gasteiger partial charge in [-0.2, -0.15) is 8.42 Å². The van der Waals surface area contributed by atoms with Crippen LogP contribution in [0.15, 0.2) is 52.3 Å². The number of para-hydroxylation sites is 1. The van der Waals surface area contributed by atoms with Gasteiger partial charge in [0.1, 0.15) is 5.75 Å². The van der Waals surface area contributed by atoms with Crippen LogP contribution in [0, 0.1) is 10.1 Å². The van der Waals surface area contributed by atoms with Crippen molar-refractivity contribution in [3.8, 4) is 5.75 Å². The van der Waals surface area contributed by atoms with Crippen molar-refractivity contribution in [3.05, 3.63) is 58.1 Å². The summed E-state index contributed by atoms with van der Waals surface area (Å²) in [5, 5.41) is 11.3. The molecule has 0 aromatic heterocycles. The standard InChI is InChI=1S/C19H24N2O6S2/c1-20(2)14-15-13-16(26-11-6-12-27-29(3,24)25)9-10-18(15)28-19-8-5-4-7-17(19)21(22)23/h4-5,7-10,13H,6,11-12,14H2,1-3H3. The summed E-state index contributed by atoms with van der Waals surface area (Å²) in [5.41, 5.74) is 1.04. The molecule has 0 unspecified atom stereocenters. The molecule has 0 heterocycles. The topological polar surface area (TPSA) is 99.0 Å². The van der Waals surface area contributed by atoms with E-state index in [1.165, 1.54) is 17.8 Å². The van der Waals surface area contributed by atoms with Gasteiger partial charge >= 0.3 is 0 Å². The van der Waals surface area contributed by atoms with E-state index in [-0.39, 0.29) is 17.2 Å². The first-order valence-corrected chi connectivity index (χ1v) is 11.4. The van der Waals surface area contributed by atoms with Gasteiger partial charge < -0.3 is 9.64 Å². The smallest absolute Gasteiger partial charge is 0.283 e. The Bertz CT molecular complexity index is 947. The normalized spacial score (nSPS) is 11.6. The van der Waals surface area contributed by atoms with Gasteiger partial charge in [-0.15, -0.1) is 0 Å². The molecular formula is C19H24N2O6S2. The molecule has 0 N–H and O–H groups in total. The van der Waals surface area contributed by atoms with Crippen molar-refractivity contribution < 1.29 is 22.3 Å². The van der Waals surface area contributed by atoms with Crippen molar-refractivity contribution in [1.82, 2.24) is 4.90 Å². The average molecular weight is 441 g/mol. The number of ether oxygens (including phenoxy) is 1. The molecule has 0 saturated carbocycles. The fourth-order valence-electron chi connectivity index (χ4n) is 2.48. The number of hydrogen-bond donors (Lipinski definition) is 0. The molecule has 0 radical (unpaired) electrons. The number of hydrogen-bond acceptors (Lipinski definition) is 8. The second-order valence-corrected chi connectivity index (χ2v) is 9.29. The second-order valence-electron chi connectivity index (χ2n) is 6.56. The van der Waals surface area contributed by atoms with Crippen LogP contribution in [0.3, 0.4) is 0 Å². The van der Waals surface area contributed by atoms with E-state index in [2.05, 4.69) is 4.18 Å². The zero-order valence-electron chi connectivity index (χ0n) is 16.5. The summed E-state index contributed by atoms with van der Waals surface area (Å²) in [5.74, 6) is 0.646. The fraction of sp³-hybridized carbons (Fsp3) is 0.368. The Morgan fingerprint density at radius 3 is 2.48 bits per heavy atom. The van der Waals surface area contributed by atoms with Gasteiger partial charge in [0.05, 0.1) is 29.3 Å². The van der Waals surface area contributed by atoms with E-state index in [1.54, 1.807) is 24.3 Å². The highest BCUT2D eigenvalue weighted by Gasteiger charge is 2.16. The summed E-state index contributed by atoms with van der Waals surface area (Å²) in [6.07, 6.45) is 1.44. The minimum Gasteiger partial charge on any atom is -0.493 e. The van der Waals surface area contributed by atoms with Crippen molar-refractivity contribution in [1.29, 1.82) is 0 Å². The molecule has 0 atom stereocenters. The molecule has 0 amide bonds. The number of benzene rings is 2. The molecule has 10 heteroatoms. The Balaban J connectivity index is 2.12. The minimum atomic E-state index is -3.45. The van der Waals surface area contributed by atoms with Gasteiger partial charge in [-0.3, -0.25) is 14.3 Å². The van der Waals surface area contributed by atoms with Crippen LogP contribution in [0.5, 0.6) is 5.75 Å². The molecule has 0 aliphatic heterocycles. The molecule has 8 nitrogen and oxygen atoms in total. The van der Waals surface area contributed by atoms with Gasteiger partial charge in [0.25, 0.3) is 15.8 Å². The highest BCUT2D eigenvalue weighted by molar-refractivity contribution is 7.99. The van der Waals surface area contributed by atoms with Crippen LogP contribution in [0.2, 0.25) is 0 Å². The number of nitro groups is 1. The van der Waals surface area contributed by atoms with Crippen LogP contribution in [-0.2, 0) is 20.8 Å². The van der Waals surface area contributed by atoms with Crippen molar-refractivity contribution in [2.45, 2.75) is 22.8 Å².